The molecule has 0 aromatic heterocycles. The summed E-state index contributed by atoms with van der Waals surface area (Å²) in [7, 11) is -4.23. The topological polar surface area (TPSA) is 89.4 Å². The van der Waals surface area contributed by atoms with Gasteiger partial charge in [0, 0.05) is 0 Å². The molecular weight excluding hydrogens is 204 g/mol. The molecule has 0 saturated heterocycles. The Morgan fingerprint density at radius 2 is 1.85 bits per heavy atom. The van der Waals surface area contributed by atoms with Crippen LogP contribution in [0.5, 0.6) is 0 Å². The molecule has 13 heavy (non-hydrogen) atoms. The molecule has 0 aliphatic rings. The molecular formula is C6H15F2NO3S. The minimum absolute atomic E-state index is 0. The molecule has 0 amide bonds. The van der Waals surface area contributed by atoms with Gasteiger partial charge in [0.2, 0.25) is 0 Å². The van der Waals surface area contributed by atoms with Crippen LogP contribution in [0.2, 0.25) is 0 Å². The Labute approximate surface area is 76.7 Å². The lowest BCUT2D eigenvalue weighted by molar-refractivity contribution is 0.319. The third-order valence-electron chi connectivity index (χ3n) is 1.29. The maximum atomic E-state index is 12.6. The number of hydrogen-bond acceptors (Lipinski definition) is 3. The van der Waals surface area contributed by atoms with Gasteiger partial charge < -0.3 is 6.15 Å². The SMILES string of the molecule is N.O=S(=O)(O)CC(F)CCCCF. The van der Waals surface area contributed by atoms with E-state index in [9.17, 15) is 17.2 Å². The minimum atomic E-state index is -4.23. The zero-order valence-electron chi connectivity index (χ0n) is 7.25. The molecule has 0 bridgehead atoms. The van der Waals surface area contributed by atoms with E-state index in [2.05, 4.69) is 0 Å². The molecule has 82 valence electrons. The Hall–Kier alpha value is -0.270. The third kappa shape index (κ3) is 11.7. The standard InChI is InChI=1S/C6H12F2O3S.H3N/c7-4-2-1-3-6(8)5-12(9,10)11;/h6H,1-5H2,(H,9,10,11);1H3. The predicted molar refractivity (Wildman–Crippen MR) is 46.2 cm³/mol. The van der Waals surface area contributed by atoms with Gasteiger partial charge in [0.25, 0.3) is 10.1 Å². The molecule has 1 atom stereocenters. The Bertz CT molecular complexity index is 208. The molecule has 0 aromatic rings. The van der Waals surface area contributed by atoms with Crippen LogP contribution in [-0.4, -0.2) is 31.6 Å². The zero-order chi connectivity index (χ0) is 9.61. The van der Waals surface area contributed by atoms with E-state index in [1.807, 2.05) is 0 Å². The normalized spacial score (nSPS) is 13.5. The average molecular weight is 219 g/mol. The van der Waals surface area contributed by atoms with Crippen molar-refractivity contribution in [3.05, 3.63) is 0 Å². The van der Waals surface area contributed by atoms with Crippen molar-refractivity contribution in [2.45, 2.75) is 25.4 Å². The summed E-state index contributed by atoms with van der Waals surface area (Å²) in [6.07, 6.45) is -1.09. The van der Waals surface area contributed by atoms with Crippen molar-refractivity contribution < 1.29 is 21.8 Å². The summed E-state index contributed by atoms with van der Waals surface area (Å²) < 4.78 is 52.5. The predicted octanol–water partition coefficient (Wildman–Crippen LogP) is 1.51. The van der Waals surface area contributed by atoms with Gasteiger partial charge in [-0.15, -0.1) is 0 Å². The fourth-order valence-electron chi connectivity index (χ4n) is 0.772. The molecule has 4 N–H and O–H groups in total. The van der Waals surface area contributed by atoms with E-state index in [4.69, 9.17) is 4.55 Å². The van der Waals surface area contributed by atoms with E-state index >= 15 is 0 Å². The number of unbranched alkanes of at least 4 members (excludes halogenated alkanes) is 1. The first-order chi connectivity index (χ1) is 5.45. The van der Waals surface area contributed by atoms with Crippen molar-refractivity contribution in [1.82, 2.24) is 6.15 Å². The van der Waals surface area contributed by atoms with Gasteiger partial charge in [-0.2, -0.15) is 8.42 Å². The first kappa shape index (κ1) is 15.2. The lowest BCUT2D eigenvalue weighted by atomic mass is 10.2. The zero-order valence-corrected chi connectivity index (χ0v) is 8.06. The van der Waals surface area contributed by atoms with Gasteiger partial charge in [0.05, 0.1) is 6.67 Å². The van der Waals surface area contributed by atoms with E-state index in [1.165, 1.54) is 0 Å². The molecule has 7 heteroatoms. The lowest BCUT2D eigenvalue weighted by Gasteiger charge is -2.03. The van der Waals surface area contributed by atoms with Crippen molar-refractivity contribution in [3.8, 4) is 0 Å². The van der Waals surface area contributed by atoms with E-state index in [0.29, 0.717) is 6.42 Å². The van der Waals surface area contributed by atoms with Crippen molar-refractivity contribution in [2.24, 2.45) is 0 Å². The van der Waals surface area contributed by atoms with Crippen LogP contribution in [0, 0.1) is 0 Å². The summed E-state index contributed by atoms with van der Waals surface area (Å²) in [5.41, 5.74) is 0. The second-order valence-corrected chi connectivity index (χ2v) is 4.03. The molecule has 0 fully saturated rings. The van der Waals surface area contributed by atoms with Crippen molar-refractivity contribution in [3.63, 3.8) is 0 Å². The Morgan fingerprint density at radius 3 is 2.23 bits per heavy atom. The highest BCUT2D eigenvalue weighted by molar-refractivity contribution is 7.85. The van der Waals surface area contributed by atoms with Gasteiger partial charge in [0.1, 0.15) is 11.9 Å². The maximum absolute atomic E-state index is 12.6. The molecule has 0 heterocycles. The first-order valence-corrected chi connectivity index (χ1v) is 5.22. The second kappa shape index (κ2) is 7.16. The minimum Gasteiger partial charge on any atom is -0.344 e. The van der Waals surface area contributed by atoms with Crippen molar-refractivity contribution in [1.29, 1.82) is 0 Å². The molecule has 0 rings (SSSR count). The fourth-order valence-corrected chi connectivity index (χ4v) is 1.40. The monoisotopic (exact) mass is 219 g/mol. The highest BCUT2D eigenvalue weighted by atomic mass is 32.2. The van der Waals surface area contributed by atoms with E-state index < -0.39 is 28.7 Å². The highest BCUT2D eigenvalue weighted by Crippen LogP contribution is 2.06. The van der Waals surface area contributed by atoms with Crippen molar-refractivity contribution >= 4 is 10.1 Å². The summed E-state index contributed by atoms with van der Waals surface area (Å²) >= 11 is 0. The van der Waals surface area contributed by atoms with Gasteiger partial charge in [0.15, 0.2) is 0 Å². The van der Waals surface area contributed by atoms with Crippen LogP contribution < -0.4 is 6.15 Å². The highest BCUT2D eigenvalue weighted by Gasteiger charge is 2.14. The van der Waals surface area contributed by atoms with E-state index in [-0.39, 0.29) is 19.0 Å². The molecule has 0 aliphatic carbocycles. The van der Waals surface area contributed by atoms with Gasteiger partial charge in [-0.25, -0.2) is 4.39 Å². The van der Waals surface area contributed by atoms with Crippen LogP contribution in [0.1, 0.15) is 19.3 Å². The van der Waals surface area contributed by atoms with Crippen LogP contribution in [0.25, 0.3) is 0 Å². The third-order valence-corrected chi connectivity index (χ3v) is 2.08. The summed E-state index contributed by atoms with van der Waals surface area (Å²) in [5.74, 6) is -0.890. The Morgan fingerprint density at radius 1 is 1.31 bits per heavy atom. The van der Waals surface area contributed by atoms with Crippen molar-refractivity contribution in [2.75, 3.05) is 12.4 Å². The lowest BCUT2D eigenvalue weighted by Crippen LogP contribution is -2.16. The molecule has 0 saturated carbocycles. The summed E-state index contributed by atoms with van der Waals surface area (Å²) in [4.78, 5) is 0. The summed E-state index contributed by atoms with van der Waals surface area (Å²) in [6.45, 7) is -0.529. The molecule has 4 nitrogen and oxygen atoms in total. The molecule has 0 aromatic carbocycles. The molecule has 1 unspecified atom stereocenters. The Kier molecular flexibility index (Phi) is 8.38. The van der Waals surface area contributed by atoms with Crippen LogP contribution in [0.3, 0.4) is 0 Å². The van der Waals surface area contributed by atoms with Gasteiger partial charge in [-0.05, 0) is 19.3 Å². The van der Waals surface area contributed by atoms with E-state index in [1.54, 1.807) is 0 Å². The molecule has 0 radical (unpaired) electrons. The maximum Gasteiger partial charge on any atom is 0.267 e. The quantitative estimate of drug-likeness (QED) is 0.523. The van der Waals surface area contributed by atoms with Crippen LogP contribution in [-0.2, 0) is 10.1 Å². The number of halogens is 2. The average Bonchev–Trinajstić information content (AvgIpc) is 1.84. The van der Waals surface area contributed by atoms with Crippen LogP contribution >= 0.6 is 0 Å². The largest absolute Gasteiger partial charge is 0.344 e. The second-order valence-electron chi connectivity index (χ2n) is 2.53. The van der Waals surface area contributed by atoms with Gasteiger partial charge in [-0.1, -0.05) is 0 Å². The van der Waals surface area contributed by atoms with Gasteiger partial charge in [-0.3, -0.25) is 8.94 Å². The Balaban J connectivity index is 0. The smallest absolute Gasteiger partial charge is 0.267 e. The number of rotatable bonds is 6. The fraction of sp³-hybridized carbons (Fsp3) is 1.00. The summed E-state index contributed by atoms with van der Waals surface area (Å²) in [5, 5.41) is 0. The van der Waals surface area contributed by atoms with Crippen LogP contribution in [0.15, 0.2) is 0 Å². The van der Waals surface area contributed by atoms with E-state index in [0.717, 1.165) is 0 Å². The van der Waals surface area contributed by atoms with Gasteiger partial charge >= 0.3 is 0 Å². The first-order valence-electron chi connectivity index (χ1n) is 3.61. The molecule has 0 spiro atoms. The summed E-state index contributed by atoms with van der Waals surface area (Å²) in [6, 6.07) is 0. The van der Waals surface area contributed by atoms with Crippen LogP contribution in [0.4, 0.5) is 8.78 Å². The molecule has 0 aliphatic heterocycles. The number of hydrogen-bond donors (Lipinski definition) is 2. The number of alkyl halides is 2.